The lowest BCUT2D eigenvalue weighted by molar-refractivity contribution is -0.0862. The molecule has 4 rings (SSSR count). The third-order valence-electron chi connectivity index (χ3n) is 5.48. The largest absolute Gasteiger partial charge is 0.389 e. The number of fused-ring (bicyclic) bond motifs is 1. The highest BCUT2D eigenvalue weighted by Gasteiger charge is 2.43. The smallest absolute Gasteiger partial charge is 0.276 e. The van der Waals surface area contributed by atoms with Gasteiger partial charge in [-0.3, -0.25) is 4.79 Å². The van der Waals surface area contributed by atoms with Crippen molar-refractivity contribution in [3.63, 3.8) is 0 Å². The molecule has 2 aromatic heterocycles. The fraction of sp³-hybridized carbons (Fsp3) is 0.588. The molecular weight excluding hydrogens is 292 g/mol. The number of carbonyl (C=O) groups excluding carboxylic acids is 1. The molecule has 0 aromatic carbocycles. The minimum absolute atomic E-state index is 0.0862. The van der Waals surface area contributed by atoms with Crippen LogP contribution in [-0.4, -0.2) is 49.0 Å². The Morgan fingerprint density at radius 3 is 2.74 bits per heavy atom. The molecule has 2 fully saturated rings. The van der Waals surface area contributed by atoms with E-state index in [1.165, 1.54) is 6.42 Å². The van der Waals surface area contributed by atoms with E-state index < -0.39 is 5.60 Å². The van der Waals surface area contributed by atoms with Crippen LogP contribution in [0.4, 0.5) is 0 Å². The Balaban J connectivity index is 1.53. The van der Waals surface area contributed by atoms with Crippen molar-refractivity contribution in [3.05, 3.63) is 30.0 Å². The lowest BCUT2D eigenvalue weighted by Crippen LogP contribution is -2.52. The number of likely N-dealkylation sites (tertiary alicyclic amines) is 1. The van der Waals surface area contributed by atoms with E-state index in [1.807, 2.05) is 17.5 Å². The molecular formula is C17H22N4O2. The van der Waals surface area contributed by atoms with Crippen LogP contribution in [0.2, 0.25) is 0 Å². The van der Waals surface area contributed by atoms with Gasteiger partial charge in [0, 0.05) is 31.7 Å². The number of aryl methyl sites for hydroxylation is 1. The summed E-state index contributed by atoms with van der Waals surface area (Å²) in [4.78, 5) is 23.3. The van der Waals surface area contributed by atoms with Crippen molar-refractivity contribution in [1.82, 2.24) is 19.3 Å². The predicted molar refractivity (Wildman–Crippen MR) is 85.2 cm³/mol. The summed E-state index contributed by atoms with van der Waals surface area (Å²) in [6, 6.07) is 0. The van der Waals surface area contributed by atoms with Crippen molar-refractivity contribution >= 4 is 11.6 Å². The molecule has 6 nitrogen and oxygen atoms in total. The van der Waals surface area contributed by atoms with Crippen LogP contribution in [-0.2, 0) is 0 Å². The molecule has 1 saturated carbocycles. The van der Waals surface area contributed by atoms with Crippen LogP contribution in [0, 0.1) is 12.8 Å². The molecule has 1 amide bonds. The Morgan fingerprint density at radius 1 is 1.35 bits per heavy atom. The van der Waals surface area contributed by atoms with Crippen molar-refractivity contribution in [1.29, 1.82) is 0 Å². The van der Waals surface area contributed by atoms with E-state index >= 15 is 0 Å². The van der Waals surface area contributed by atoms with Gasteiger partial charge in [0.25, 0.3) is 5.91 Å². The van der Waals surface area contributed by atoms with E-state index in [2.05, 4.69) is 9.97 Å². The van der Waals surface area contributed by atoms with Gasteiger partial charge in [-0.05, 0) is 38.5 Å². The number of hydrogen-bond acceptors (Lipinski definition) is 4. The average Bonchev–Trinajstić information content (AvgIpc) is 2.85. The van der Waals surface area contributed by atoms with Crippen LogP contribution in [0.5, 0.6) is 0 Å². The second-order valence-corrected chi connectivity index (χ2v) is 6.91. The number of carbonyl (C=O) groups is 1. The third-order valence-corrected chi connectivity index (χ3v) is 5.48. The lowest BCUT2D eigenvalue weighted by atomic mass is 9.69. The highest BCUT2D eigenvalue weighted by molar-refractivity contribution is 5.97. The zero-order valence-corrected chi connectivity index (χ0v) is 13.4. The maximum absolute atomic E-state index is 12.8. The first-order chi connectivity index (χ1) is 11.1. The van der Waals surface area contributed by atoms with Gasteiger partial charge in [0.15, 0.2) is 11.3 Å². The Bertz CT molecular complexity index is 742. The van der Waals surface area contributed by atoms with Crippen LogP contribution >= 0.6 is 0 Å². The number of rotatable bonds is 2. The molecule has 1 saturated heterocycles. The van der Waals surface area contributed by atoms with Crippen molar-refractivity contribution in [2.24, 2.45) is 5.92 Å². The number of aliphatic hydroxyl groups is 1. The Kier molecular flexibility index (Phi) is 3.37. The first kappa shape index (κ1) is 14.6. The summed E-state index contributed by atoms with van der Waals surface area (Å²) < 4.78 is 1.84. The van der Waals surface area contributed by atoms with Crippen molar-refractivity contribution in [2.45, 2.75) is 44.6 Å². The van der Waals surface area contributed by atoms with E-state index in [1.54, 1.807) is 17.3 Å². The van der Waals surface area contributed by atoms with Gasteiger partial charge < -0.3 is 14.4 Å². The lowest BCUT2D eigenvalue weighted by Gasteiger charge is -2.46. The topological polar surface area (TPSA) is 70.7 Å². The molecule has 2 aromatic rings. The second-order valence-electron chi connectivity index (χ2n) is 6.91. The number of imidazole rings is 1. The molecule has 0 radical (unpaired) electrons. The van der Waals surface area contributed by atoms with Gasteiger partial charge in [0.05, 0.1) is 11.3 Å². The maximum Gasteiger partial charge on any atom is 0.276 e. The number of nitrogens with zero attached hydrogens (tertiary/aromatic N) is 4. The molecule has 6 heteroatoms. The highest BCUT2D eigenvalue weighted by atomic mass is 16.3. The van der Waals surface area contributed by atoms with E-state index in [9.17, 15) is 9.90 Å². The van der Waals surface area contributed by atoms with Crippen LogP contribution in [0.15, 0.2) is 18.6 Å². The minimum Gasteiger partial charge on any atom is -0.389 e. The fourth-order valence-electron chi connectivity index (χ4n) is 3.79. The third kappa shape index (κ3) is 2.41. The second kappa shape index (κ2) is 5.30. The molecule has 1 aliphatic carbocycles. The number of hydrogen-bond donors (Lipinski definition) is 1. The van der Waals surface area contributed by atoms with E-state index in [0.717, 1.165) is 18.5 Å². The highest BCUT2D eigenvalue weighted by Crippen LogP contribution is 2.42. The molecule has 23 heavy (non-hydrogen) atoms. The zero-order chi connectivity index (χ0) is 16.0. The predicted octanol–water partition coefficient (Wildman–Crippen LogP) is 1.80. The van der Waals surface area contributed by atoms with Crippen molar-refractivity contribution < 1.29 is 9.90 Å². The number of amides is 1. The molecule has 0 unspecified atom stereocenters. The standard InChI is InChI=1S/C17H22N4O2/c1-12-11-21-10-7-18-14(15(21)19-12)16(22)20-8-5-17(23,6-9-20)13-3-2-4-13/h7,10-11,13,23H,2-6,8-9H2,1H3. The SMILES string of the molecule is Cc1cn2ccnc(C(=O)N3CCC(O)(C4CCC4)CC3)c2n1. The van der Waals surface area contributed by atoms with Gasteiger partial charge in [-0.15, -0.1) is 0 Å². The van der Waals surface area contributed by atoms with Gasteiger partial charge in [0.1, 0.15) is 0 Å². The van der Waals surface area contributed by atoms with Crippen molar-refractivity contribution in [3.8, 4) is 0 Å². The molecule has 0 bridgehead atoms. The summed E-state index contributed by atoms with van der Waals surface area (Å²) in [7, 11) is 0. The Labute approximate surface area is 135 Å². The molecule has 1 aliphatic heterocycles. The first-order valence-corrected chi connectivity index (χ1v) is 8.39. The van der Waals surface area contributed by atoms with Crippen LogP contribution in [0.25, 0.3) is 5.65 Å². The fourth-order valence-corrected chi connectivity index (χ4v) is 3.79. The number of piperidine rings is 1. The molecule has 0 spiro atoms. The van der Waals surface area contributed by atoms with Gasteiger partial charge in [0.2, 0.25) is 0 Å². The molecule has 3 heterocycles. The summed E-state index contributed by atoms with van der Waals surface area (Å²) in [5, 5.41) is 10.8. The average molecular weight is 314 g/mol. The molecule has 2 aliphatic rings. The quantitative estimate of drug-likeness (QED) is 0.917. The summed E-state index contributed by atoms with van der Waals surface area (Å²) >= 11 is 0. The molecule has 122 valence electrons. The molecule has 1 N–H and O–H groups in total. The molecule has 0 atom stereocenters. The van der Waals surface area contributed by atoms with Crippen LogP contribution in [0.3, 0.4) is 0 Å². The van der Waals surface area contributed by atoms with Crippen LogP contribution < -0.4 is 0 Å². The first-order valence-electron chi connectivity index (χ1n) is 8.39. The van der Waals surface area contributed by atoms with E-state index in [0.29, 0.717) is 43.2 Å². The summed E-state index contributed by atoms with van der Waals surface area (Å²) in [6.45, 7) is 3.09. The van der Waals surface area contributed by atoms with E-state index in [-0.39, 0.29) is 5.91 Å². The maximum atomic E-state index is 12.8. The van der Waals surface area contributed by atoms with Gasteiger partial charge >= 0.3 is 0 Å². The zero-order valence-electron chi connectivity index (χ0n) is 13.4. The van der Waals surface area contributed by atoms with Gasteiger partial charge in [-0.1, -0.05) is 6.42 Å². The Morgan fingerprint density at radius 2 is 2.09 bits per heavy atom. The Hall–Kier alpha value is -1.95. The minimum atomic E-state index is -0.571. The normalized spacial score (nSPS) is 21.4. The van der Waals surface area contributed by atoms with Crippen molar-refractivity contribution in [2.75, 3.05) is 13.1 Å². The number of aromatic nitrogens is 3. The summed E-state index contributed by atoms with van der Waals surface area (Å²) in [5.41, 5.74) is 1.30. The van der Waals surface area contributed by atoms with Gasteiger partial charge in [-0.2, -0.15) is 0 Å². The summed E-state index contributed by atoms with van der Waals surface area (Å²) in [6.07, 6.45) is 10.1. The van der Waals surface area contributed by atoms with E-state index in [4.69, 9.17) is 0 Å². The van der Waals surface area contributed by atoms with Gasteiger partial charge in [-0.25, -0.2) is 9.97 Å². The van der Waals surface area contributed by atoms with Crippen LogP contribution in [0.1, 0.15) is 48.3 Å². The summed E-state index contributed by atoms with van der Waals surface area (Å²) in [5.74, 6) is 0.341. The monoisotopic (exact) mass is 314 g/mol.